The zero-order valence-electron chi connectivity index (χ0n) is 11.6. The van der Waals surface area contributed by atoms with Gasteiger partial charge in [0.25, 0.3) is 0 Å². The molecule has 2 heteroatoms. The average molecular weight is 253 g/mol. The molecule has 0 unspecified atom stereocenters. The van der Waals surface area contributed by atoms with E-state index in [2.05, 4.69) is 42.8 Å². The van der Waals surface area contributed by atoms with Crippen molar-refractivity contribution in [1.29, 1.82) is 0 Å². The van der Waals surface area contributed by atoms with Gasteiger partial charge >= 0.3 is 0 Å². The van der Waals surface area contributed by atoms with Gasteiger partial charge in [0.05, 0.1) is 5.69 Å². The van der Waals surface area contributed by atoms with Gasteiger partial charge in [0.1, 0.15) is 0 Å². The monoisotopic (exact) mass is 253 g/mol. The quantitative estimate of drug-likeness (QED) is 0.796. The molecule has 1 heterocycles. The molecular formula is C17H19NO. The second-order valence-electron chi connectivity index (χ2n) is 5.26. The number of para-hydroxylation sites is 1. The molecule has 0 spiro atoms. The largest absolute Gasteiger partial charge is 0.320 e. The Morgan fingerprint density at radius 3 is 2.84 bits per heavy atom. The summed E-state index contributed by atoms with van der Waals surface area (Å²) in [5, 5.41) is 0. The number of hydrogen-bond donors (Lipinski definition) is 0. The summed E-state index contributed by atoms with van der Waals surface area (Å²) in [6.45, 7) is 4.32. The number of aromatic nitrogens is 1. The average Bonchev–Trinajstić information content (AvgIpc) is 2.83. The molecule has 0 N–H and O–H groups in total. The zero-order chi connectivity index (χ0) is 13.4. The van der Waals surface area contributed by atoms with Crippen molar-refractivity contribution >= 4 is 5.78 Å². The first-order chi connectivity index (χ1) is 9.22. The van der Waals surface area contributed by atoms with Gasteiger partial charge in [0.2, 0.25) is 0 Å². The van der Waals surface area contributed by atoms with Crippen LogP contribution in [-0.2, 0) is 12.8 Å². The summed E-state index contributed by atoms with van der Waals surface area (Å²) in [7, 11) is 0. The first-order valence-electron chi connectivity index (χ1n) is 7.04. The number of carbonyl (C=O) groups excluding carboxylic acids is 1. The molecule has 0 bridgehead atoms. The first-order valence-corrected chi connectivity index (χ1v) is 7.04. The standard InChI is InChI=1S/C17H19NO/c1-3-13-7-4-6-12(2)17(13)18-11-10-14-15(18)8-5-9-16(14)19/h4,6-7,10-11H,3,5,8-9H2,1-2H3. The Kier molecular flexibility index (Phi) is 3.02. The molecule has 0 aliphatic heterocycles. The lowest BCUT2D eigenvalue weighted by Gasteiger charge is -2.19. The number of hydrogen-bond acceptors (Lipinski definition) is 1. The molecule has 0 amide bonds. The minimum absolute atomic E-state index is 0.298. The van der Waals surface area contributed by atoms with Crippen LogP contribution in [0.15, 0.2) is 30.5 Å². The Hall–Kier alpha value is -1.83. The van der Waals surface area contributed by atoms with Crippen LogP contribution in [0.4, 0.5) is 0 Å². The Balaban J connectivity index is 2.21. The lowest BCUT2D eigenvalue weighted by molar-refractivity contribution is 0.0972. The third-order valence-corrected chi connectivity index (χ3v) is 4.05. The van der Waals surface area contributed by atoms with Crippen molar-refractivity contribution < 1.29 is 4.79 Å². The van der Waals surface area contributed by atoms with E-state index < -0.39 is 0 Å². The molecule has 19 heavy (non-hydrogen) atoms. The number of Topliss-reactive ketones (excluding diaryl/α,β-unsaturated/α-hetero) is 1. The van der Waals surface area contributed by atoms with Gasteiger partial charge in [-0.2, -0.15) is 0 Å². The van der Waals surface area contributed by atoms with Crippen molar-refractivity contribution in [3.8, 4) is 5.69 Å². The van der Waals surface area contributed by atoms with Gasteiger partial charge in [-0.15, -0.1) is 0 Å². The molecule has 2 aromatic rings. The Labute approximate surface area is 114 Å². The minimum Gasteiger partial charge on any atom is -0.320 e. The van der Waals surface area contributed by atoms with Crippen LogP contribution in [0.2, 0.25) is 0 Å². The zero-order valence-corrected chi connectivity index (χ0v) is 11.6. The van der Waals surface area contributed by atoms with Gasteiger partial charge in [-0.05, 0) is 43.4 Å². The molecular weight excluding hydrogens is 234 g/mol. The second-order valence-corrected chi connectivity index (χ2v) is 5.26. The number of ketones is 1. The highest BCUT2D eigenvalue weighted by atomic mass is 16.1. The van der Waals surface area contributed by atoms with Crippen LogP contribution >= 0.6 is 0 Å². The second kappa shape index (κ2) is 4.69. The van der Waals surface area contributed by atoms with Crippen LogP contribution < -0.4 is 0 Å². The molecule has 1 aromatic carbocycles. The summed E-state index contributed by atoms with van der Waals surface area (Å²) in [6, 6.07) is 8.42. The molecule has 0 saturated heterocycles. The van der Waals surface area contributed by atoms with E-state index in [0.717, 1.165) is 24.8 Å². The number of fused-ring (bicyclic) bond motifs is 1. The summed E-state index contributed by atoms with van der Waals surface area (Å²) in [5.41, 5.74) is 6.00. The van der Waals surface area contributed by atoms with Gasteiger partial charge in [-0.1, -0.05) is 25.1 Å². The molecule has 1 aromatic heterocycles. The fourth-order valence-electron chi connectivity index (χ4n) is 3.08. The predicted octanol–water partition coefficient (Wildman–Crippen LogP) is 3.87. The maximum absolute atomic E-state index is 12.0. The Morgan fingerprint density at radius 2 is 2.05 bits per heavy atom. The molecule has 98 valence electrons. The van der Waals surface area contributed by atoms with E-state index in [-0.39, 0.29) is 0 Å². The normalized spacial score (nSPS) is 14.5. The Morgan fingerprint density at radius 1 is 1.21 bits per heavy atom. The molecule has 3 rings (SSSR count). The minimum atomic E-state index is 0.298. The molecule has 2 nitrogen and oxygen atoms in total. The van der Waals surface area contributed by atoms with E-state index in [9.17, 15) is 4.79 Å². The lowest BCUT2D eigenvalue weighted by atomic mass is 9.96. The van der Waals surface area contributed by atoms with Crippen LogP contribution in [0.25, 0.3) is 5.69 Å². The summed E-state index contributed by atoms with van der Waals surface area (Å²) < 4.78 is 2.24. The highest BCUT2D eigenvalue weighted by Crippen LogP contribution is 2.28. The van der Waals surface area contributed by atoms with Crippen LogP contribution in [-0.4, -0.2) is 10.4 Å². The summed E-state index contributed by atoms with van der Waals surface area (Å²) in [6.07, 6.45) is 5.76. The predicted molar refractivity (Wildman–Crippen MR) is 77.2 cm³/mol. The van der Waals surface area contributed by atoms with Crippen LogP contribution in [0.5, 0.6) is 0 Å². The highest BCUT2D eigenvalue weighted by Gasteiger charge is 2.22. The molecule has 0 radical (unpaired) electrons. The highest BCUT2D eigenvalue weighted by molar-refractivity contribution is 5.98. The van der Waals surface area contributed by atoms with E-state index in [0.29, 0.717) is 12.2 Å². The van der Waals surface area contributed by atoms with Crippen molar-refractivity contribution in [1.82, 2.24) is 4.57 Å². The molecule has 0 fully saturated rings. The van der Waals surface area contributed by atoms with Crippen molar-refractivity contribution in [3.63, 3.8) is 0 Å². The van der Waals surface area contributed by atoms with E-state index in [4.69, 9.17) is 0 Å². The van der Waals surface area contributed by atoms with Gasteiger partial charge in [-0.25, -0.2) is 0 Å². The van der Waals surface area contributed by atoms with Gasteiger partial charge in [0, 0.05) is 23.9 Å². The van der Waals surface area contributed by atoms with Gasteiger partial charge in [-0.3, -0.25) is 4.79 Å². The number of nitrogens with zero attached hydrogens (tertiary/aromatic N) is 1. The van der Waals surface area contributed by atoms with Crippen molar-refractivity contribution in [2.75, 3.05) is 0 Å². The Bertz CT molecular complexity index is 637. The fraction of sp³-hybridized carbons (Fsp3) is 0.353. The summed E-state index contributed by atoms with van der Waals surface area (Å²) >= 11 is 0. The fourth-order valence-corrected chi connectivity index (χ4v) is 3.08. The van der Waals surface area contributed by atoms with E-state index in [1.807, 2.05) is 6.07 Å². The third-order valence-electron chi connectivity index (χ3n) is 4.05. The van der Waals surface area contributed by atoms with E-state index in [1.54, 1.807) is 0 Å². The maximum Gasteiger partial charge on any atom is 0.164 e. The van der Waals surface area contributed by atoms with E-state index in [1.165, 1.54) is 22.5 Å². The first kappa shape index (κ1) is 12.2. The van der Waals surface area contributed by atoms with Crippen molar-refractivity contribution in [2.24, 2.45) is 0 Å². The van der Waals surface area contributed by atoms with Crippen molar-refractivity contribution in [2.45, 2.75) is 39.5 Å². The smallest absolute Gasteiger partial charge is 0.164 e. The van der Waals surface area contributed by atoms with Gasteiger partial charge < -0.3 is 4.57 Å². The molecule has 0 saturated carbocycles. The number of rotatable bonds is 2. The van der Waals surface area contributed by atoms with Crippen LogP contribution in [0.1, 0.15) is 46.9 Å². The van der Waals surface area contributed by atoms with Crippen LogP contribution in [0.3, 0.4) is 0 Å². The van der Waals surface area contributed by atoms with Crippen molar-refractivity contribution in [3.05, 3.63) is 52.8 Å². The number of benzene rings is 1. The van der Waals surface area contributed by atoms with E-state index >= 15 is 0 Å². The number of carbonyl (C=O) groups is 1. The summed E-state index contributed by atoms with van der Waals surface area (Å²) in [5.74, 6) is 0.298. The maximum atomic E-state index is 12.0. The molecule has 1 aliphatic carbocycles. The molecule has 1 aliphatic rings. The third kappa shape index (κ3) is 1.92. The number of aryl methyl sites for hydroxylation is 2. The topological polar surface area (TPSA) is 22.0 Å². The lowest BCUT2D eigenvalue weighted by Crippen LogP contribution is -2.13. The van der Waals surface area contributed by atoms with Gasteiger partial charge in [0.15, 0.2) is 5.78 Å². The molecule has 0 atom stereocenters. The van der Waals surface area contributed by atoms with Crippen LogP contribution in [0, 0.1) is 6.92 Å². The SMILES string of the molecule is CCc1cccc(C)c1-n1ccc2c1CCCC2=O. The summed E-state index contributed by atoms with van der Waals surface area (Å²) in [4.78, 5) is 12.0.